The van der Waals surface area contributed by atoms with Crippen molar-refractivity contribution in [2.24, 2.45) is 5.41 Å². The Balaban J connectivity index is 1.46. The van der Waals surface area contributed by atoms with E-state index in [1.807, 2.05) is 12.4 Å². The molecule has 6 rings (SSSR count). The number of aromatic nitrogens is 2. The molecule has 1 aromatic carbocycles. The summed E-state index contributed by atoms with van der Waals surface area (Å²) in [7, 11) is 0. The SMILES string of the molecule is C=CC(=O)N1CC2(CCN(c3nc4c(c(-c5ccc(F)cc5F)c3C#N)CCN(c3scnc3C)C4)[C@H]2C)C1. The minimum atomic E-state index is -0.699. The Labute approximate surface area is 230 Å². The van der Waals surface area contributed by atoms with Crippen LogP contribution in [0.4, 0.5) is 19.6 Å². The number of hydrogen-bond acceptors (Lipinski definition) is 7. The van der Waals surface area contributed by atoms with Crippen molar-refractivity contribution >= 4 is 28.1 Å². The molecule has 2 fully saturated rings. The summed E-state index contributed by atoms with van der Waals surface area (Å²) in [5.41, 5.74) is 5.30. The number of likely N-dealkylation sites (tertiary alicyclic amines) is 1. The zero-order chi connectivity index (χ0) is 27.5. The zero-order valence-electron chi connectivity index (χ0n) is 21.9. The van der Waals surface area contributed by atoms with Crippen LogP contribution in [-0.2, 0) is 17.8 Å². The van der Waals surface area contributed by atoms with Gasteiger partial charge in [-0.3, -0.25) is 4.79 Å². The van der Waals surface area contributed by atoms with Gasteiger partial charge in [0.1, 0.15) is 34.1 Å². The maximum absolute atomic E-state index is 15.3. The highest BCUT2D eigenvalue weighted by Crippen LogP contribution is 2.48. The lowest BCUT2D eigenvalue weighted by Gasteiger charge is -2.51. The first kappa shape index (κ1) is 25.4. The van der Waals surface area contributed by atoms with Crippen LogP contribution >= 0.6 is 11.3 Å². The van der Waals surface area contributed by atoms with Crippen LogP contribution in [0.25, 0.3) is 11.1 Å². The van der Waals surface area contributed by atoms with Crippen LogP contribution in [0.3, 0.4) is 0 Å². The molecule has 0 bridgehead atoms. The smallest absolute Gasteiger partial charge is 0.245 e. The number of benzene rings is 1. The highest BCUT2D eigenvalue weighted by atomic mass is 32.1. The predicted octanol–water partition coefficient (Wildman–Crippen LogP) is 4.84. The number of anilines is 2. The lowest BCUT2D eigenvalue weighted by molar-refractivity contribution is -0.138. The Bertz CT molecular complexity index is 1540. The van der Waals surface area contributed by atoms with Crippen LogP contribution in [0.2, 0.25) is 0 Å². The van der Waals surface area contributed by atoms with E-state index in [1.54, 1.807) is 16.2 Å². The molecule has 1 amide bonds. The van der Waals surface area contributed by atoms with Crippen molar-refractivity contribution < 1.29 is 13.6 Å². The summed E-state index contributed by atoms with van der Waals surface area (Å²) in [6.45, 7) is 10.8. The monoisotopic (exact) mass is 546 g/mol. The van der Waals surface area contributed by atoms with Crippen molar-refractivity contribution in [3.05, 3.63) is 70.5 Å². The minimum Gasteiger partial charge on any atom is -0.356 e. The van der Waals surface area contributed by atoms with E-state index in [1.165, 1.54) is 18.2 Å². The average molecular weight is 547 g/mol. The minimum absolute atomic E-state index is 0.0124. The third kappa shape index (κ3) is 3.98. The second-order valence-corrected chi connectivity index (χ2v) is 11.5. The standard InChI is InChI=1S/C29H28F2N6OS/c1-4-25(38)36-14-29(15-36)8-10-37(18(29)3)27-22(12-32)26(20-6-5-19(30)11-23(20)31)21-7-9-35(13-24(21)34-27)28-17(2)33-16-39-28/h4-6,11,16,18H,1,7-10,13-15H2,2-3H3/t18-/m0/s1. The Kier molecular flexibility index (Phi) is 6.14. The first-order valence-corrected chi connectivity index (χ1v) is 13.9. The first-order valence-electron chi connectivity index (χ1n) is 13.0. The lowest BCUT2D eigenvalue weighted by Crippen LogP contribution is -2.62. The number of halogens is 2. The molecule has 1 atom stereocenters. The van der Waals surface area contributed by atoms with Crippen LogP contribution in [0.5, 0.6) is 0 Å². The summed E-state index contributed by atoms with van der Waals surface area (Å²) in [6, 6.07) is 5.87. The normalized spacial score (nSPS) is 19.6. The molecule has 200 valence electrons. The van der Waals surface area contributed by atoms with Crippen molar-refractivity contribution in [1.29, 1.82) is 5.26 Å². The summed E-state index contributed by atoms with van der Waals surface area (Å²) in [5, 5.41) is 11.5. The Morgan fingerprint density at radius 2 is 2.10 bits per heavy atom. The van der Waals surface area contributed by atoms with Crippen LogP contribution in [0, 0.1) is 35.3 Å². The number of nitriles is 1. The van der Waals surface area contributed by atoms with E-state index in [4.69, 9.17) is 4.98 Å². The number of fused-ring (bicyclic) bond motifs is 1. The molecule has 0 unspecified atom stereocenters. The fraction of sp³-hybridized carbons (Fsp3) is 0.379. The number of amides is 1. The molecule has 3 aliphatic heterocycles. The van der Waals surface area contributed by atoms with Crippen molar-refractivity contribution in [1.82, 2.24) is 14.9 Å². The van der Waals surface area contributed by atoms with E-state index in [-0.39, 0.29) is 22.9 Å². The molecule has 1 spiro atoms. The number of aryl methyl sites for hydroxylation is 1. The molecular weight excluding hydrogens is 518 g/mol. The number of nitrogens with zero attached hydrogens (tertiary/aromatic N) is 6. The third-order valence-corrected chi connectivity index (χ3v) is 9.62. The molecule has 2 aromatic heterocycles. The van der Waals surface area contributed by atoms with E-state index in [0.29, 0.717) is 56.1 Å². The van der Waals surface area contributed by atoms with Crippen LogP contribution in [0.15, 0.2) is 36.4 Å². The number of carbonyl (C=O) groups is 1. The predicted molar refractivity (Wildman–Crippen MR) is 147 cm³/mol. The van der Waals surface area contributed by atoms with Crippen molar-refractivity contribution in [2.75, 3.05) is 36.0 Å². The maximum atomic E-state index is 15.3. The topological polar surface area (TPSA) is 76.4 Å². The van der Waals surface area contributed by atoms with Gasteiger partial charge < -0.3 is 14.7 Å². The first-order chi connectivity index (χ1) is 18.8. The summed E-state index contributed by atoms with van der Waals surface area (Å²) in [6.07, 6.45) is 2.76. The van der Waals surface area contributed by atoms with Gasteiger partial charge in [0.2, 0.25) is 5.91 Å². The highest BCUT2D eigenvalue weighted by molar-refractivity contribution is 7.14. The summed E-state index contributed by atoms with van der Waals surface area (Å²) in [5.74, 6) is -0.919. The molecule has 10 heteroatoms. The van der Waals surface area contributed by atoms with Crippen LogP contribution < -0.4 is 9.80 Å². The Morgan fingerprint density at radius 3 is 2.77 bits per heavy atom. The second kappa shape index (κ2) is 9.42. The van der Waals surface area contributed by atoms with Gasteiger partial charge in [-0.2, -0.15) is 5.26 Å². The Morgan fingerprint density at radius 1 is 1.31 bits per heavy atom. The number of pyridine rings is 1. The van der Waals surface area contributed by atoms with Gasteiger partial charge in [0, 0.05) is 54.8 Å². The number of hydrogen-bond donors (Lipinski definition) is 0. The van der Waals surface area contributed by atoms with Gasteiger partial charge in [-0.05, 0) is 50.5 Å². The summed E-state index contributed by atoms with van der Waals surface area (Å²) >= 11 is 1.57. The molecule has 39 heavy (non-hydrogen) atoms. The van der Waals surface area contributed by atoms with E-state index in [9.17, 15) is 14.4 Å². The van der Waals surface area contributed by atoms with Gasteiger partial charge in [-0.1, -0.05) is 6.58 Å². The van der Waals surface area contributed by atoms with Crippen molar-refractivity contribution in [3.8, 4) is 17.2 Å². The Hall–Kier alpha value is -3.84. The number of rotatable bonds is 4. The van der Waals surface area contributed by atoms with Gasteiger partial charge in [0.25, 0.3) is 0 Å². The van der Waals surface area contributed by atoms with Crippen LogP contribution in [0.1, 0.15) is 35.9 Å². The maximum Gasteiger partial charge on any atom is 0.245 e. The van der Waals surface area contributed by atoms with Gasteiger partial charge in [0.05, 0.1) is 23.4 Å². The average Bonchev–Trinajstić information content (AvgIpc) is 3.49. The molecule has 3 aliphatic rings. The van der Waals surface area contributed by atoms with Gasteiger partial charge in [0.15, 0.2) is 0 Å². The summed E-state index contributed by atoms with van der Waals surface area (Å²) < 4.78 is 29.1. The van der Waals surface area contributed by atoms with Crippen molar-refractivity contribution in [2.45, 2.75) is 39.3 Å². The van der Waals surface area contributed by atoms with E-state index >= 15 is 4.39 Å². The molecule has 5 heterocycles. The largest absolute Gasteiger partial charge is 0.356 e. The van der Waals surface area contributed by atoms with E-state index in [0.717, 1.165) is 34.4 Å². The number of carbonyl (C=O) groups excluding carboxylic acids is 1. The summed E-state index contributed by atoms with van der Waals surface area (Å²) in [4.78, 5) is 27.8. The van der Waals surface area contributed by atoms with Gasteiger partial charge in [-0.25, -0.2) is 18.7 Å². The quantitative estimate of drug-likeness (QED) is 0.436. The fourth-order valence-corrected chi connectivity index (χ4v) is 7.27. The molecule has 0 saturated carbocycles. The van der Waals surface area contributed by atoms with Gasteiger partial charge >= 0.3 is 0 Å². The van der Waals surface area contributed by atoms with E-state index < -0.39 is 11.6 Å². The third-order valence-electron chi connectivity index (χ3n) is 8.63. The molecule has 0 N–H and O–H groups in total. The molecular formula is C29H28F2N6OS. The zero-order valence-corrected chi connectivity index (χ0v) is 22.7. The molecule has 0 aliphatic carbocycles. The molecule has 2 saturated heterocycles. The number of thiazole rings is 1. The van der Waals surface area contributed by atoms with Crippen LogP contribution in [-0.4, -0.2) is 53.0 Å². The second-order valence-electron chi connectivity index (χ2n) is 10.6. The fourth-order valence-electron chi connectivity index (χ4n) is 6.43. The molecule has 0 radical (unpaired) electrons. The molecule has 3 aromatic rings. The highest BCUT2D eigenvalue weighted by Gasteiger charge is 2.54. The van der Waals surface area contributed by atoms with Gasteiger partial charge in [-0.15, -0.1) is 11.3 Å². The lowest BCUT2D eigenvalue weighted by atomic mass is 9.74. The van der Waals surface area contributed by atoms with Crippen molar-refractivity contribution in [3.63, 3.8) is 0 Å². The van der Waals surface area contributed by atoms with E-state index in [2.05, 4.69) is 34.4 Å². The molecule has 7 nitrogen and oxygen atoms in total.